The Hall–Kier alpha value is -2.77. The molecule has 3 aromatic rings. The summed E-state index contributed by atoms with van der Waals surface area (Å²) in [5.41, 5.74) is 0.0367. The molecule has 0 aliphatic carbocycles. The van der Waals surface area contributed by atoms with Gasteiger partial charge in [-0.25, -0.2) is 8.78 Å². The van der Waals surface area contributed by atoms with Gasteiger partial charge in [-0.3, -0.25) is 14.3 Å². The van der Waals surface area contributed by atoms with E-state index < -0.39 is 23.2 Å². The minimum absolute atomic E-state index is 0.138. The van der Waals surface area contributed by atoms with E-state index in [1.165, 1.54) is 10.9 Å². The molecule has 0 amide bonds. The molecule has 0 saturated carbocycles. The SMILES string of the molecule is Cn1ncc2c(=O)n(CCC(=O)O)c3cc(F)c(F)cc3c21. The second kappa shape index (κ2) is 4.90. The van der Waals surface area contributed by atoms with Crippen LogP contribution in [0.4, 0.5) is 8.78 Å². The van der Waals surface area contributed by atoms with Crippen molar-refractivity contribution in [1.82, 2.24) is 14.3 Å². The van der Waals surface area contributed by atoms with Gasteiger partial charge in [0.2, 0.25) is 0 Å². The summed E-state index contributed by atoms with van der Waals surface area (Å²) in [7, 11) is 1.59. The van der Waals surface area contributed by atoms with Crippen LogP contribution in [0.5, 0.6) is 0 Å². The van der Waals surface area contributed by atoms with Gasteiger partial charge < -0.3 is 9.67 Å². The Balaban J connectivity index is 2.45. The van der Waals surface area contributed by atoms with Gasteiger partial charge in [-0.1, -0.05) is 0 Å². The largest absolute Gasteiger partial charge is 0.481 e. The van der Waals surface area contributed by atoms with E-state index in [0.717, 1.165) is 16.7 Å². The van der Waals surface area contributed by atoms with E-state index in [1.807, 2.05) is 0 Å². The first-order chi connectivity index (χ1) is 10.4. The number of benzene rings is 1. The molecule has 0 aliphatic heterocycles. The third kappa shape index (κ3) is 2.03. The number of aliphatic carboxylic acids is 1. The van der Waals surface area contributed by atoms with E-state index in [4.69, 9.17) is 5.11 Å². The first-order valence-corrected chi connectivity index (χ1v) is 6.45. The second-order valence-corrected chi connectivity index (χ2v) is 4.91. The molecule has 1 aromatic carbocycles. The Morgan fingerprint density at radius 3 is 2.64 bits per heavy atom. The molecule has 0 spiro atoms. The number of pyridine rings is 1. The van der Waals surface area contributed by atoms with E-state index in [0.29, 0.717) is 10.9 Å². The van der Waals surface area contributed by atoms with E-state index in [1.54, 1.807) is 7.05 Å². The molecule has 0 saturated heterocycles. The first-order valence-electron chi connectivity index (χ1n) is 6.45. The number of fused-ring (bicyclic) bond motifs is 3. The summed E-state index contributed by atoms with van der Waals surface area (Å²) in [6.07, 6.45) is 1.02. The Morgan fingerprint density at radius 2 is 1.95 bits per heavy atom. The average molecular weight is 307 g/mol. The Bertz CT molecular complexity index is 975. The van der Waals surface area contributed by atoms with Crippen molar-refractivity contribution >= 4 is 27.8 Å². The van der Waals surface area contributed by atoms with Crippen LogP contribution >= 0.6 is 0 Å². The number of carboxylic acids is 1. The maximum absolute atomic E-state index is 13.6. The molecule has 0 bridgehead atoms. The maximum Gasteiger partial charge on any atom is 0.305 e. The number of halogens is 2. The molecular weight excluding hydrogens is 296 g/mol. The normalized spacial score (nSPS) is 11.4. The van der Waals surface area contributed by atoms with Crippen LogP contribution in [0.2, 0.25) is 0 Å². The molecule has 0 radical (unpaired) electrons. The minimum Gasteiger partial charge on any atom is -0.481 e. The van der Waals surface area contributed by atoms with Crippen molar-refractivity contribution in [2.75, 3.05) is 0 Å². The number of aromatic nitrogens is 3. The molecular formula is C14H11F2N3O3. The van der Waals surface area contributed by atoms with Crippen LogP contribution in [0.15, 0.2) is 23.1 Å². The van der Waals surface area contributed by atoms with E-state index in [-0.39, 0.29) is 23.9 Å². The molecule has 0 fully saturated rings. The topological polar surface area (TPSA) is 77.1 Å². The van der Waals surface area contributed by atoms with Gasteiger partial charge in [0.1, 0.15) is 0 Å². The van der Waals surface area contributed by atoms with Crippen LogP contribution in [-0.4, -0.2) is 25.4 Å². The van der Waals surface area contributed by atoms with Crippen LogP contribution in [0.1, 0.15) is 6.42 Å². The van der Waals surface area contributed by atoms with Crippen LogP contribution in [0, 0.1) is 11.6 Å². The lowest BCUT2D eigenvalue weighted by molar-refractivity contribution is -0.137. The van der Waals surface area contributed by atoms with E-state index in [9.17, 15) is 18.4 Å². The lowest BCUT2D eigenvalue weighted by atomic mass is 10.1. The number of hydrogen-bond acceptors (Lipinski definition) is 3. The van der Waals surface area contributed by atoms with Gasteiger partial charge in [-0.05, 0) is 6.07 Å². The van der Waals surface area contributed by atoms with Crippen molar-refractivity contribution < 1.29 is 18.7 Å². The maximum atomic E-state index is 13.6. The van der Waals surface area contributed by atoms with Gasteiger partial charge in [0.25, 0.3) is 5.56 Å². The predicted octanol–water partition coefficient (Wildman–Crippen LogP) is 1.64. The highest BCUT2D eigenvalue weighted by Crippen LogP contribution is 2.25. The molecule has 0 aliphatic rings. The average Bonchev–Trinajstić information content (AvgIpc) is 2.83. The van der Waals surface area contributed by atoms with Gasteiger partial charge in [-0.2, -0.15) is 5.10 Å². The van der Waals surface area contributed by atoms with Crippen LogP contribution < -0.4 is 5.56 Å². The fraction of sp³-hybridized carbons (Fsp3) is 0.214. The molecule has 22 heavy (non-hydrogen) atoms. The third-order valence-corrected chi connectivity index (χ3v) is 3.55. The molecule has 2 heterocycles. The molecule has 1 N–H and O–H groups in total. The van der Waals surface area contributed by atoms with Gasteiger partial charge in [0, 0.05) is 25.0 Å². The van der Waals surface area contributed by atoms with Crippen molar-refractivity contribution in [3.63, 3.8) is 0 Å². The summed E-state index contributed by atoms with van der Waals surface area (Å²) in [4.78, 5) is 23.2. The van der Waals surface area contributed by atoms with Crippen LogP contribution in [-0.2, 0) is 18.4 Å². The summed E-state index contributed by atoms with van der Waals surface area (Å²) in [5, 5.41) is 13.3. The number of hydrogen-bond donors (Lipinski definition) is 1. The predicted molar refractivity (Wildman–Crippen MR) is 74.6 cm³/mol. The Morgan fingerprint density at radius 1 is 1.27 bits per heavy atom. The van der Waals surface area contributed by atoms with Crippen molar-refractivity contribution in [2.24, 2.45) is 7.05 Å². The number of carbonyl (C=O) groups is 1. The molecule has 3 rings (SSSR count). The number of aryl methyl sites for hydroxylation is 2. The molecule has 6 nitrogen and oxygen atoms in total. The zero-order valence-corrected chi connectivity index (χ0v) is 11.5. The second-order valence-electron chi connectivity index (χ2n) is 4.91. The zero-order chi connectivity index (χ0) is 16.0. The lowest BCUT2D eigenvalue weighted by Crippen LogP contribution is -2.22. The summed E-state index contributed by atoms with van der Waals surface area (Å²) in [6, 6.07) is 1.89. The summed E-state index contributed by atoms with van der Waals surface area (Å²) >= 11 is 0. The first kappa shape index (κ1) is 14.2. The highest BCUT2D eigenvalue weighted by atomic mass is 19.2. The number of rotatable bonds is 3. The third-order valence-electron chi connectivity index (χ3n) is 3.55. The molecule has 114 valence electrons. The van der Waals surface area contributed by atoms with Crippen molar-refractivity contribution in [2.45, 2.75) is 13.0 Å². The van der Waals surface area contributed by atoms with Gasteiger partial charge in [0.15, 0.2) is 11.6 Å². The Kier molecular flexibility index (Phi) is 3.16. The van der Waals surface area contributed by atoms with Crippen molar-refractivity contribution in [1.29, 1.82) is 0 Å². The lowest BCUT2D eigenvalue weighted by Gasteiger charge is -2.11. The summed E-state index contributed by atoms with van der Waals surface area (Å²) in [6.45, 7) is -0.138. The number of nitrogens with zero attached hydrogens (tertiary/aromatic N) is 3. The fourth-order valence-electron chi connectivity index (χ4n) is 2.55. The minimum atomic E-state index is -1.10. The van der Waals surface area contributed by atoms with Gasteiger partial charge >= 0.3 is 5.97 Å². The quantitative estimate of drug-likeness (QED) is 0.798. The Labute approximate surface area is 122 Å². The smallest absolute Gasteiger partial charge is 0.305 e. The molecule has 8 heteroatoms. The molecule has 2 aromatic heterocycles. The fourth-order valence-corrected chi connectivity index (χ4v) is 2.55. The van der Waals surface area contributed by atoms with Gasteiger partial charge in [0.05, 0.1) is 29.0 Å². The number of carboxylic acid groups (broad SMARTS) is 1. The van der Waals surface area contributed by atoms with E-state index in [2.05, 4.69) is 5.10 Å². The zero-order valence-electron chi connectivity index (χ0n) is 11.5. The molecule has 0 atom stereocenters. The van der Waals surface area contributed by atoms with Crippen molar-refractivity contribution in [3.8, 4) is 0 Å². The standard InChI is InChI=1S/C14H11F2N3O3/c1-18-13-7-4-9(15)10(16)5-11(7)19(3-2-12(20)21)14(22)8(13)6-17-18/h4-6H,2-3H2,1H3,(H,20,21). The van der Waals surface area contributed by atoms with Crippen LogP contribution in [0.3, 0.4) is 0 Å². The summed E-state index contributed by atoms with van der Waals surface area (Å²) < 4.78 is 29.7. The van der Waals surface area contributed by atoms with Gasteiger partial charge in [-0.15, -0.1) is 0 Å². The highest BCUT2D eigenvalue weighted by molar-refractivity contribution is 6.03. The monoisotopic (exact) mass is 307 g/mol. The van der Waals surface area contributed by atoms with Crippen molar-refractivity contribution in [3.05, 3.63) is 40.3 Å². The van der Waals surface area contributed by atoms with E-state index >= 15 is 0 Å². The van der Waals surface area contributed by atoms with Crippen LogP contribution in [0.25, 0.3) is 21.8 Å². The highest BCUT2D eigenvalue weighted by Gasteiger charge is 2.17. The summed E-state index contributed by atoms with van der Waals surface area (Å²) in [5.74, 6) is -3.23. The molecule has 0 unspecified atom stereocenters.